The Morgan fingerprint density at radius 2 is 2.09 bits per heavy atom. The van der Waals surface area contributed by atoms with E-state index in [4.69, 9.17) is 16.9 Å². The molecule has 23 heavy (non-hydrogen) atoms. The van der Waals surface area contributed by atoms with Crippen LogP contribution >= 0.6 is 22.9 Å². The Morgan fingerprint density at radius 1 is 1.26 bits per heavy atom. The van der Waals surface area contributed by atoms with Gasteiger partial charge in [-0.1, -0.05) is 29.0 Å². The van der Waals surface area contributed by atoms with Gasteiger partial charge in [0.1, 0.15) is 0 Å². The number of fused-ring (bicyclic) bond motifs is 1. The van der Waals surface area contributed by atoms with E-state index in [0.29, 0.717) is 21.4 Å². The summed E-state index contributed by atoms with van der Waals surface area (Å²) in [5, 5.41) is 15.5. The quantitative estimate of drug-likeness (QED) is 0.703. The fraction of sp³-hybridized carbons (Fsp3) is 0.0625. The van der Waals surface area contributed by atoms with Gasteiger partial charge in [0.25, 0.3) is 0 Å². The molecule has 0 bridgehead atoms. The molecule has 0 unspecified atom stereocenters. The van der Waals surface area contributed by atoms with Crippen molar-refractivity contribution in [2.24, 2.45) is 0 Å². The SMILES string of the molecule is Cc1ccc(NC(=O)Nc2nc3ccc(Cl)cc3s2)cc1C#N. The lowest BCUT2D eigenvalue weighted by Crippen LogP contribution is -2.19. The number of nitriles is 1. The maximum absolute atomic E-state index is 12.0. The molecule has 2 aromatic carbocycles. The van der Waals surface area contributed by atoms with Gasteiger partial charge in [0.05, 0.1) is 21.8 Å². The highest BCUT2D eigenvalue weighted by molar-refractivity contribution is 7.22. The van der Waals surface area contributed by atoms with Gasteiger partial charge in [0, 0.05) is 10.7 Å². The number of anilines is 2. The first-order valence-corrected chi connectivity index (χ1v) is 7.89. The van der Waals surface area contributed by atoms with Crippen LogP contribution in [-0.2, 0) is 0 Å². The minimum absolute atomic E-state index is 0.414. The summed E-state index contributed by atoms with van der Waals surface area (Å²) in [6.45, 7) is 1.84. The Balaban J connectivity index is 1.74. The molecule has 0 fully saturated rings. The van der Waals surface area contributed by atoms with Gasteiger partial charge in [-0.05, 0) is 42.8 Å². The van der Waals surface area contributed by atoms with Gasteiger partial charge in [-0.25, -0.2) is 9.78 Å². The number of nitrogens with zero attached hydrogens (tertiary/aromatic N) is 2. The van der Waals surface area contributed by atoms with Crippen molar-refractivity contribution in [1.29, 1.82) is 5.26 Å². The Kier molecular flexibility index (Phi) is 4.15. The number of nitrogens with one attached hydrogen (secondary N) is 2. The van der Waals surface area contributed by atoms with E-state index in [-0.39, 0.29) is 0 Å². The maximum atomic E-state index is 12.0. The van der Waals surface area contributed by atoms with Crippen molar-refractivity contribution < 1.29 is 4.79 Å². The monoisotopic (exact) mass is 342 g/mol. The predicted octanol–water partition coefficient (Wildman–Crippen LogP) is 4.77. The van der Waals surface area contributed by atoms with Crippen LogP contribution in [0.5, 0.6) is 0 Å². The molecule has 114 valence electrons. The number of carbonyl (C=O) groups is 1. The zero-order valence-corrected chi connectivity index (χ0v) is 13.6. The molecule has 0 saturated heterocycles. The highest BCUT2D eigenvalue weighted by Crippen LogP contribution is 2.28. The van der Waals surface area contributed by atoms with Crippen LogP contribution in [0.4, 0.5) is 15.6 Å². The third-order valence-corrected chi connectivity index (χ3v) is 4.36. The molecule has 0 saturated carbocycles. The molecular formula is C16H11ClN4OS. The van der Waals surface area contributed by atoms with Crippen molar-refractivity contribution in [1.82, 2.24) is 4.98 Å². The second-order valence-electron chi connectivity index (χ2n) is 4.85. The minimum atomic E-state index is -0.414. The molecule has 3 rings (SSSR count). The number of hydrogen-bond donors (Lipinski definition) is 2. The van der Waals surface area contributed by atoms with Gasteiger partial charge in [0.2, 0.25) is 0 Å². The number of carbonyl (C=O) groups excluding carboxylic acids is 1. The molecule has 2 N–H and O–H groups in total. The van der Waals surface area contributed by atoms with E-state index in [9.17, 15) is 4.79 Å². The van der Waals surface area contributed by atoms with Gasteiger partial charge in [-0.3, -0.25) is 5.32 Å². The molecular weight excluding hydrogens is 332 g/mol. The van der Waals surface area contributed by atoms with Crippen LogP contribution in [0.3, 0.4) is 0 Å². The first-order chi connectivity index (χ1) is 11.0. The molecule has 7 heteroatoms. The smallest absolute Gasteiger partial charge is 0.308 e. The number of rotatable bonds is 2. The van der Waals surface area contributed by atoms with Crippen molar-refractivity contribution in [3.63, 3.8) is 0 Å². The van der Waals surface area contributed by atoms with E-state index in [1.54, 1.807) is 36.4 Å². The van der Waals surface area contributed by atoms with Gasteiger partial charge < -0.3 is 5.32 Å². The van der Waals surface area contributed by atoms with Crippen LogP contribution in [0.15, 0.2) is 36.4 Å². The topological polar surface area (TPSA) is 77.8 Å². The molecule has 0 spiro atoms. The molecule has 1 aromatic heterocycles. The Bertz CT molecular complexity index is 945. The average molecular weight is 343 g/mol. The number of halogens is 1. The minimum Gasteiger partial charge on any atom is -0.308 e. The second kappa shape index (κ2) is 6.24. The molecule has 0 radical (unpaired) electrons. The number of aromatic nitrogens is 1. The fourth-order valence-corrected chi connectivity index (χ4v) is 3.17. The largest absolute Gasteiger partial charge is 0.325 e. The van der Waals surface area contributed by atoms with Crippen LogP contribution in [0, 0.1) is 18.3 Å². The lowest BCUT2D eigenvalue weighted by Gasteiger charge is -2.06. The third-order valence-electron chi connectivity index (χ3n) is 3.19. The summed E-state index contributed by atoms with van der Waals surface area (Å²) in [5.41, 5.74) is 2.71. The lowest BCUT2D eigenvalue weighted by atomic mass is 10.1. The number of aryl methyl sites for hydroxylation is 1. The summed E-state index contributed by atoms with van der Waals surface area (Å²) in [4.78, 5) is 16.4. The van der Waals surface area contributed by atoms with Crippen LogP contribution in [-0.4, -0.2) is 11.0 Å². The van der Waals surface area contributed by atoms with Crippen LogP contribution in [0.2, 0.25) is 5.02 Å². The molecule has 3 aromatic rings. The Hall–Kier alpha value is -2.62. The van der Waals surface area contributed by atoms with Gasteiger partial charge in [-0.2, -0.15) is 5.26 Å². The van der Waals surface area contributed by atoms with E-state index in [1.165, 1.54) is 11.3 Å². The lowest BCUT2D eigenvalue weighted by molar-refractivity contribution is 0.262. The maximum Gasteiger partial charge on any atom is 0.325 e. The van der Waals surface area contributed by atoms with Crippen molar-refractivity contribution >= 4 is 50.0 Å². The standard InChI is InChI=1S/C16H11ClN4OS/c1-9-2-4-12(6-10(9)8-18)19-15(22)21-16-20-13-5-3-11(17)7-14(13)23-16/h2-7H,1H3,(H2,19,20,21,22). The number of hydrogen-bond acceptors (Lipinski definition) is 4. The van der Waals surface area contributed by atoms with E-state index >= 15 is 0 Å². The van der Waals surface area contributed by atoms with Gasteiger partial charge >= 0.3 is 6.03 Å². The number of benzene rings is 2. The second-order valence-corrected chi connectivity index (χ2v) is 6.32. The van der Waals surface area contributed by atoms with Crippen molar-refractivity contribution in [2.75, 3.05) is 10.6 Å². The summed E-state index contributed by atoms with van der Waals surface area (Å²) >= 11 is 7.28. The summed E-state index contributed by atoms with van der Waals surface area (Å²) < 4.78 is 0.898. The van der Waals surface area contributed by atoms with Crippen molar-refractivity contribution in [3.05, 3.63) is 52.5 Å². The number of amides is 2. The van der Waals surface area contributed by atoms with E-state index < -0.39 is 6.03 Å². The number of urea groups is 1. The molecule has 0 aliphatic carbocycles. The Labute approximate surface area is 141 Å². The Morgan fingerprint density at radius 3 is 2.87 bits per heavy atom. The summed E-state index contributed by atoms with van der Waals surface area (Å²) in [5.74, 6) is 0. The highest BCUT2D eigenvalue weighted by Gasteiger charge is 2.09. The zero-order chi connectivity index (χ0) is 16.4. The first kappa shape index (κ1) is 15.3. The molecule has 0 atom stereocenters. The fourth-order valence-electron chi connectivity index (χ4n) is 2.03. The highest BCUT2D eigenvalue weighted by atomic mass is 35.5. The predicted molar refractivity (Wildman–Crippen MR) is 93.2 cm³/mol. The van der Waals surface area contributed by atoms with E-state index in [2.05, 4.69) is 21.7 Å². The first-order valence-electron chi connectivity index (χ1n) is 6.70. The van der Waals surface area contributed by atoms with E-state index in [0.717, 1.165) is 15.8 Å². The average Bonchev–Trinajstić information content (AvgIpc) is 2.90. The number of thiazole rings is 1. The van der Waals surface area contributed by atoms with Crippen LogP contribution in [0.25, 0.3) is 10.2 Å². The van der Waals surface area contributed by atoms with Gasteiger partial charge in [-0.15, -0.1) is 0 Å². The van der Waals surface area contributed by atoms with E-state index in [1.807, 2.05) is 6.92 Å². The van der Waals surface area contributed by atoms with Crippen molar-refractivity contribution in [2.45, 2.75) is 6.92 Å². The van der Waals surface area contributed by atoms with Crippen LogP contribution in [0.1, 0.15) is 11.1 Å². The van der Waals surface area contributed by atoms with Crippen molar-refractivity contribution in [3.8, 4) is 6.07 Å². The molecule has 0 aliphatic rings. The van der Waals surface area contributed by atoms with Crippen LogP contribution < -0.4 is 10.6 Å². The zero-order valence-electron chi connectivity index (χ0n) is 12.1. The molecule has 0 aliphatic heterocycles. The molecule has 1 heterocycles. The summed E-state index contributed by atoms with van der Waals surface area (Å²) in [6.07, 6.45) is 0. The molecule has 2 amide bonds. The normalized spacial score (nSPS) is 10.3. The third kappa shape index (κ3) is 3.42. The summed E-state index contributed by atoms with van der Waals surface area (Å²) in [6, 6.07) is 12.2. The molecule has 5 nitrogen and oxygen atoms in total. The van der Waals surface area contributed by atoms with Gasteiger partial charge in [0.15, 0.2) is 5.13 Å². The summed E-state index contributed by atoms with van der Waals surface area (Å²) in [7, 11) is 0.